The number of aromatic nitrogens is 1. The second-order valence-electron chi connectivity index (χ2n) is 7.41. The molecule has 2 rings (SSSR count). The summed E-state index contributed by atoms with van der Waals surface area (Å²) in [5.41, 5.74) is 1.79. The predicted molar refractivity (Wildman–Crippen MR) is 98.6 cm³/mol. The van der Waals surface area contributed by atoms with Crippen LogP contribution in [0.3, 0.4) is 0 Å². The van der Waals surface area contributed by atoms with Crippen LogP contribution in [0.15, 0.2) is 42.7 Å². The minimum absolute atomic E-state index is 0.440. The molecule has 0 aliphatic rings. The molecule has 0 aliphatic heterocycles. The van der Waals surface area contributed by atoms with Gasteiger partial charge in [0.2, 0.25) is 0 Å². The van der Waals surface area contributed by atoms with Gasteiger partial charge in [0.25, 0.3) is 0 Å². The molecule has 0 fully saturated rings. The van der Waals surface area contributed by atoms with Gasteiger partial charge in [0.1, 0.15) is 11.4 Å². The molecule has 5 heteroatoms. The van der Waals surface area contributed by atoms with Gasteiger partial charge in [0, 0.05) is 11.8 Å². The molecule has 2 aromatic rings. The van der Waals surface area contributed by atoms with E-state index in [1.807, 2.05) is 65.0 Å². The van der Waals surface area contributed by atoms with Crippen molar-refractivity contribution in [2.24, 2.45) is 0 Å². The Morgan fingerprint density at radius 3 is 2.48 bits per heavy atom. The van der Waals surface area contributed by atoms with Gasteiger partial charge < -0.3 is 14.8 Å². The summed E-state index contributed by atoms with van der Waals surface area (Å²) in [5, 5.41) is 2.93. The molecule has 1 amide bonds. The van der Waals surface area contributed by atoms with E-state index in [2.05, 4.69) is 10.3 Å². The lowest BCUT2D eigenvalue weighted by atomic mass is 9.91. The Hall–Kier alpha value is -2.56. The third-order valence-corrected chi connectivity index (χ3v) is 3.71. The highest BCUT2D eigenvalue weighted by Gasteiger charge is 2.26. The Bertz CT molecular complexity index is 749. The summed E-state index contributed by atoms with van der Waals surface area (Å²) in [7, 11) is 1.62. The first-order chi connectivity index (χ1) is 11.6. The van der Waals surface area contributed by atoms with Gasteiger partial charge in [-0.25, -0.2) is 4.79 Å². The van der Waals surface area contributed by atoms with Crippen LogP contribution in [0.25, 0.3) is 11.1 Å². The summed E-state index contributed by atoms with van der Waals surface area (Å²) >= 11 is 0. The van der Waals surface area contributed by atoms with E-state index < -0.39 is 17.2 Å². The van der Waals surface area contributed by atoms with Gasteiger partial charge in [-0.3, -0.25) is 4.98 Å². The summed E-state index contributed by atoms with van der Waals surface area (Å²) in [6, 6.07) is 9.89. The largest absolute Gasteiger partial charge is 0.494 e. The fourth-order valence-corrected chi connectivity index (χ4v) is 2.49. The summed E-state index contributed by atoms with van der Waals surface area (Å²) in [6.45, 7) is 9.42. The van der Waals surface area contributed by atoms with Gasteiger partial charge in [-0.2, -0.15) is 0 Å². The van der Waals surface area contributed by atoms with E-state index in [4.69, 9.17) is 9.47 Å². The number of carbonyl (C=O) groups is 1. The van der Waals surface area contributed by atoms with E-state index in [1.165, 1.54) is 0 Å². The highest BCUT2D eigenvalue weighted by atomic mass is 16.6. The number of nitrogens with one attached hydrogen (secondary N) is 1. The number of hydrogen-bond acceptors (Lipinski definition) is 4. The van der Waals surface area contributed by atoms with Crippen molar-refractivity contribution < 1.29 is 14.3 Å². The number of ether oxygens (including phenoxy) is 2. The number of carbonyl (C=O) groups excluding carboxylic acids is 1. The summed E-state index contributed by atoms with van der Waals surface area (Å²) in [4.78, 5) is 16.2. The molecular weight excluding hydrogens is 316 g/mol. The lowest BCUT2D eigenvalue weighted by molar-refractivity contribution is 0.0470. The van der Waals surface area contributed by atoms with E-state index >= 15 is 0 Å². The number of amides is 1. The number of hydrogen-bond donors (Lipinski definition) is 1. The van der Waals surface area contributed by atoms with Crippen molar-refractivity contribution in [3.05, 3.63) is 48.3 Å². The second-order valence-corrected chi connectivity index (χ2v) is 7.41. The van der Waals surface area contributed by atoms with Crippen molar-refractivity contribution in [2.75, 3.05) is 7.11 Å². The van der Waals surface area contributed by atoms with Crippen molar-refractivity contribution >= 4 is 6.09 Å². The topological polar surface area (TPSA) is 60.5 Å². The smallest absolute Gasteiger partial charge is 0.408 e. The van der Waals surface area contributed by atoms with Gasteiger partial charge in [0.15, 0.2) is 0 Å². The SMILES string of the molecule is COc1cnccc1-c1cccc(C(C)(C)NC(=O)OC(C)(C)C)c1. The standard InChI is InChI=1S/C20H26N2O3/c1-19(2,3)25-18(23)22-20(4,5)15-9-7-8-14(12-15)16-10-11-21-13-17(16)24-6/h7-13H,1-6H3,(H,22,23). The van der Waals surface area contributed by atoms with E-state index in [1.54, 1.807) is 19.5 Å². The zero-order valence-corrected chi connectivity index (χ0v) is 15.7. The molecule has 134 valence electrons. The number of pyridine rings is 1. The van der Waals surface area contributed by atoms with Gasteiger partial charge >= 0.3 is 6.09 Å². The minimum Gasteiger partial charge on any atom is -0.494 e. The third kappa shape index (κ3) is 4.95. The lowest BCUT2D eigenvalue weighted by Gasteiger charge is -2.29. The first-order valence-corrected chi connectivity index (χ1v) is 8.22. The molecule has 0 atom stereocenters. The Kier molecular flexibility index (Phi) is 5.36. The first-order valence-electron chi connectivity index (χ1n) is 8.22. The molecule has 0 saturated heterocycles. The number of benzene rings is 1. The van der Waals surface area contributed by atoms with E-state index in [0.717, 1.165) is 16.7 Å². The number of rotatable bonds is 4. The van der Waals surface area contributed by atoms with Crippen LogP contribution in [0.1, 0.15) is 40.2 Å². The van der Waals surface area contributed by atoms with E-state index in [-0.39, 0.29) is 0 Å². The van der Waals surface area contributed by atoms with Gasteiger partial charge in [0.05, 0.1) is 18.8 Å². The van der Waals surface area contributed by atoms with E-state index in [9.17, 15) is 4.79 Å². The minimum atomic E-state index is -0.585. The Balaban J connectivity index is 2.29. The maximum atomic E-state index is 12.1. The van der Waals surface area contributed by atoms with Crippen LogP contribution in [-0.2, 0) is 10.3 Å². The number of methoxy groups -OCH3 is 1. The molecule has 5 nitrogen and oxygen atoms in total. The molecule has 25 heavy (non-hydrogen) atoms. The molecule has 1 aromatic carbocycles. The molecule has 0 radical (unpaired) electrons. The second kappa shape index (κ2) is 7.13. The average molecular weight is 342 g/mol. The molecule has 0 saturated carbocycles. The van der Waals surface area contributed by atoms with Crippen LogP contribution >= 0.6 is 0 Å². The fraction of sp³-hybridized carbons (Fsp3) is 0.400. The van der Waals surface area contributed by atoms with Crippen LogP contribution in [0.2, 0.25) is 0 Å². The zero-order valence-electron chi connectivity index (χ0n) is 15.7. The summed E-state index contributed by atoms with van der Waals surface area (Å²) < 4.78 is 10.8. The molecule has 0 spiro atoms. The normalized spacial score (nSPS) is 11.8. The molecule has 0 unspecified atom stereocenters. The van der Waals surface area contributed by atoms with Crippen molar-refractivity contribution in [1.29, 1.82) is 0 Å². The maximum Gasteiger partial charge on any atom is 0.408 e. The highest BCUT2D eigenvalue weighted by Crippen LogP contribution is 2.31. The van der Waals surface area contributed by atoms with Crippen molar-refractivity contribution in [2.45, 2.75) is 45.8 Å². The van der Waals surface area contributed by atoms with Crippen LogP contribution < -0.4 is 10.1 Å². The summed E-state index contributed by atoms with van der Waals surface area (Å²) in [5.74, 6) is 0.706. The first kappa shape index (κ1) is 18.8. The van der Waals surface area contributed by atoms with E-state index in [0.29, 0.717) is 5.75 Å². The highest BCUT2D eigenvalue weighted by molar-refractivity contribution is 5.72. The lowest BCUT2D eigenvalue weighted by Crippen LogP contribution is -2.43. The van der Waals surface area contributed by atoms with Gasteiger partial charge in [-0.15, -0.1) is 0 Å². The summed E-state index contributed by atoms with van der Waals surface area (Å²) in [6.07, 6.45) is 2.98. The van der Waals surface area contributed by atoms with Crippen LogP contribution in [0.5, 0.6) is 5.75 Å². The van der Waals surface area contributed by atoms with Crippen LogP contribution in [-0.4, -0.2) is 23.8 Å². The van der Waals surface area contributed by atoms with Crippen molar-refractivity contribution in [3.63, 3.8) is 0 Å². The Morgan fingerprint density at radius 2 is 1.84 bits per heavy atom. The molecule has 0 aliphatic carbocycles. The Labute approximate surface area is 149 Å². The zero-order chi connectivity index (χ0) is 18.7. The van der Waals surface area contributed by atoms with Crippen molar-refractivity contribution in [1.82, 2.24) is 10.3 Å². The maximum absolute atomic E-state index is 12.1. The Morgan fingerprint density at radius 1 is 1.12 bits per heavy atom. The number of alkyl carbamates (subject to hydrolysis) is 1. The fourth-order valence-electron chi connectivity index (χ4n) is 2.49. The number of nitrogens with zero attached hydrogens (tertiary/aromatic N) is 1. The quantitative estimate of drug-likeness (QED) is 0.887. The van der Waals surface area contributed by atoms with Crippen LogP contribution in [0.4, 0.5) is 4.79 Å². The van der Waals surface area contributed by atoms with Gasteiger partial charge in [-0.1, -0.05) is 18.2 Å². The molecule has 0 bridgehead atoms. The molecule has 1 N–H and O–H groups in total. The van der Waals surface area contributed by atoms with Crippen molar-refractivity contribution in [3.8, 4) is 16.9 Å². The average Bonchev–Trinajstić information content (AvgIpc) is 2.52. The monoisotopic (exact) mass is 342 g/mol. The van der Waals surface area contributed by atoms with Crippen LogP contribution in [0, 0.1) is 0 Å². The molecule has 1 aromatic heterocycles. The third-order valence-electron chi connectivity index (χ3n) is 3.71. The van der Waals surface area contributed by atoms with Gasteiger partial charge in [-0.05, 0) is 57.9 Å². The predicted octanol–water partition coefficient (Wildman–Crippen LogP) is 4.52. The molecular formula is C20H26N2O3. The molecule has 1 heterocycles.